The molecule has 0 unspecified atom stereocenters. The van der Waals surface area contributed by atoms with Crippen molar-refractivity contribution in [2.24, 2.45) is 0 Å². The molecule has 0 atom stereocenters. The monoisotopic (exact) mass is 283 g/mol. The number of anilines is 1. The molecule has 0 aliphatic rings. The molecular weight excluding hydrogens is 262 g/mol. The average molecular weight is 283 g/mol. The summed E-state index contributed by atoms with van der Waals surface area (Å²) in [6, 6.07) is 15.8. The topological polar surface area (TPSA) is 54.0 Å². The van der Waals surface area contributed by atoms with Crippen LogP contribution in [0.1, 0.15) is 29.9 Å². The first-order valence-corrected chi connectivity index (χ1v) is 7.21. The largest absolute Gasteiger partial charge is 0.368 e. The van der Waals surface area contributed by atoms with E-state index in [0.29, 0.717) is 12.2 Å². The minimum Gasteiger partial charge on any atom is -0.368 e. The zero-order chi connectivity index (χ0) is 15.1. The fraction of sp³-hybridized carbons (Fsp3) is 0.294. The quantitative estimate of drug-likeness (QED) is 0.857. The lowest BCUT2D eigenvalue weighted by Gasteiger charge is -2.10. The number of aromatic nitrogens is 1. The van der Waals surface area contributed by atoms with E-state index in [1.807, 2.05) is 44.2 Å². The van der Waals surface area contributed by atoms with Crippen LogP contribution in [0.5, 0.6) is 0 Å². The second-order valence-corrected chi connectivity index (χ2v) is 5.20. The number of nitrogens with zero attached hydrogens (tertiary/aromatic N) is 1. The van der Waals surface area contributed by atoms with Crippen molar-refractivity contribution in [2.45, 2.75) is 26.3 Å². The highest BCUT2D eigenvalue weighted by molar-refractivity contribution is 5.92. The maximum Gasteiger partial charge on any atom is 0.269 e. The van der Waals surface area contributed by atoms with Crippen molar-refractivity contribution >= 4 is 11.7 Å². The summed E-state index contributed by atoms with van der Waals surface area (Å²) >= 11 is 0. The van der Waals surface area contributed by atoms with Crippen molar-refractivity contribution < 1.29 is 4.79 Å². The van der Waals surface area contributed by atoms with Crippen LogP contribution in [0.15, 0.2) is 48.5 Å². The molecule has 1 aromatic heterocycles. The lowest BCUT2D eigenvalue weighted by molar-refractivity contribution is 0.0949. The Morgan fingerprint density at radius 3 is 2.57 bits per heavy atom. The SMILES string of the molecule is CC(C)Nc1cccc(C(=O)NCCc2ccccc2)n1. The van der Waals surface area contributed by atoms with Gasteiger partial charge in [-0.3, -0.25) is 4.79 Å². The van der Waals surface area contributed by atoms with Crippen molar-refractivity contribution in [3.8, 4) is 0 Å². The van der Waals surface area contributed by atoms with E-state index in [-0.39, 0.29) is 11.9 Å². The highest BCUT2D eigenvalue weighted by atomic mass is 16.1. The summed E-state index contributed by atoms with van der Waals surface area (Å²) in [4.78, 5) is 16.4. The second-order valence-electron chi connectivity index (χ2n) is 5.20. The van der Waals surface area contributed by atoms with E-state index in [9.17, 15) is 4.79 Å². The number of pyridine rings is 1. The Bertz CT molecular complexity index is 582. The van der Waals surface area contributed by atoms with E-state index in [0.717, 1.165) is 12.2 Å². The molecule has 21 heavy (non-hydrogen) atoms. The first-order valence-electron chi connectivity index (χ1n) is 7.21. The number of hydrogen-bond donors (Lipinski definition) is 2. The molecule has 4 heteroatoms. The minimum atomic E-state index is -0.140. The molecule has 2 N–H and O–H groups in total. The van der Waals surface area contributed by atoms with Gasteiger partial charge in [0.15, 0.2) is 0 Å². The van der Waals surface area contributed by atoms with Crippen molar-refractivity contribution in [2.75, 3.05) is 11.9 Å². The van der Waals surface area contributed by atoms with Crippen molar-refractivity contribution in [1.29, 1.82) is 0 Å². The minimum absolute atomic E-state index is 0.140. The molecule has 1 aromatic carbocycles. The van der Waals surface area contributed by atoms with Crippen LogP contribution in [0.25, 0.3) is 0 Å². The fourth-order valence-corrected chi connectivity index (χ4v) is 1.99. The van der Waals surface area contributed by atoms with Gasteiger partial charge in [0.25, 0.3) is 5.91 Å². The van der Waals surface area contributed by atoms with Crippen molar-refractivity contribution in [1.82, 2.24) is 10.3 Å². The molecule has 0 saturated carbocycles. The molecule has 2 aromatic rings. The second kappa shape index (κ2) is 7.43. The molecule has 1 heterocycles. The molecule has 1 amide bonds. The van der Waals surface area contributed by atoms with Crippen LogP contribution in [0.3, 0.4) is 0 Å². The summed E-state index contributed by atoms with van der Waals surface area (Å²) in [6.07, 6.45) is 0.816. The van der Waals surface area contributed by atoms with Gasteiger partial charge in [-0.2, -0.15) is 0 Å². The van der Waals surface area contributed by atoms with Crippen LogP contribution in [-0.2, 0) is 6.42 Å². The highest BCUT2D eigenvalue weighted by Gasteiger charge is 2.07. The molecule has 0 fully saturated rings. The summed E-state index contributed by atoms with van der Waals surface area (Å²) in [5.74, 6) is 0.582. The Kier molecular flexibility index (Phi) is 5.32. The predicted molar refractivity (Wildman–Crippen MR) is 85.5 cm³/mol. The van der Waals surface area contributed by atoms with E-state index in [4.69, 9.17) is 0 Å². The third kappa shape index (κ3) is 4.91. The Morgan fingerprint density at radius 1 is 1.10 bits per heavy atom. The number of hydrogen-bond acceptors (Lipinski definition) is 3. The van der Waals surface area contributed by atoms with E-state index in [1.54, 1.807) is 6.07 Å². The lowest BCUT2D eigenvalue weighted by atomic mass is 10.1. The van der Waals surface area contributed by atoms with Gasteiger partial charge in [-0.15, -0.1) is 0 Å². The van der Waals surface area contributed by atoms with Crippen LogP contribution >= 0.6 is 0 Å². The van der Waals surface area contributed by atoms with Gasteiger partial charge < -0.3 is 10.6 Å². The number of carbonyl (C=O) groups is 1. The molecule has 0 aliphatic carbocycles. The number of rotatable bonds is 6. The predicted octanol–water partition coefficient (Wildman–Crippen LogP) is 2.87. The molecule has 0 spiro atoms. The van der Waals surface area contributed by atoms with Gasteiger partial charge in [-0.25, -0.2) is 4.98 Å². The van der Waals surface area contributed by atoms with Gasteiger partial charge in [-0.1, -0.05) is 36.4 Å². The molecule has 0 bridgehead atoms. The third-order valence-corrected chi connectivity index (χ3v) is 2.96. The van der Waals surface area contributed by atoms with Gasteiger partial charge in [0, 0.05) is 12.6 Å². The van der Waals surface area contributed by atoms with E-state index in [1.165, 1.54) is 5.56 Å². The van der Waals surface area contributed by atoms with Crippen LogP contribution in [-0.4, -0.2) is 23.5 Å². The fourth-order valence-electron chi connectivity index (χ4n) is 1.99. The molecule has 4 nitrogen and oxygen atoms in total. The number of nitrogens with one attached hydrogen (secondary N) is 2. The van der Waals surface area contributed by atoms with Crippen molar-refractivity contribution in [3.05, 3.63) is 59.8 Å². The Balaban J connectivity index is 1.88. The summed E-state index contributed by atoms with van der Waals surface area (Å²) in [6.45, 7) is 4.68. The van der Waals surface area contributed by atoms with Crippen LogP contribution in [0, 0.1) is 0 Å². The average Bonchev–Trinajstić information content (AvgIpc) is 2.48. The third-order valence-electron chi connectivity index (χ3n) is 2.96. The van der Waals surface area contributed by atoms with E-state index < -0.39 is 0 Å². The Morgan fingerprint density at radius 2 is 1.86 bits per heavy atom. The standard InChI is InChI=1S/C17H21N3O/c1-13(2)19-16-10-6-9-15(20-16)17(21)18-12-11-14-7-4-3-5-8-14/h3-10,13H,11-12H2,1-2H3,(H,18,21)(H,19,20). The van der Waals surface area contributed by atoms with Gasteiger partial charge in [0.05, 0.1) is 0 Å². The van der Waals surface area contributed by atoms with Crippen LogP contribution < -0.4 is 10.6 Å². The Hall–Kier alpha value is -2.36. The molecule has 0 aliphatic heterocycles. The number of amides is 1. The normalized spacial score (nSPS) is 10.4. The maximum atomic E-state index is 12.1. The Labute approximate surface area is 125 Å². The molecule has 0 radical (unpaired) electrons. The zero-order valence-electron chi connectivity index (χ0n) is 12.5. The van der Waals surface area contributed by atoms with Crippen LogP contribution in [0.2, 0.25) is 0 Å². The van der Waals surface area contributed by atoms with Crippen molar-refractivity contribution in [3.63, 3.8) is 0 Å². The van der Waals surface area contributed by atoms with Crippen LogP contribution in [0.4, 0.5) is 5.82 Å². The smallest absolute Gasteiger partial charge is 0.269 e. The van der Waals surface area contributed by atoms with E-state index >= 15 is 0 Å². The maximum absolute atomic E-state index is 12.1. The first kappa shape index (κ1) is 15.0. The summed E-state index contributed by atoms with van der Waals surface area (Å²) < 4.78 is 0. The molecule has 0 saturated heterocycles. The zero-order valence-corrected chi connectivity index (χ0v) is 12.5. The summed E-state index contributed by atoms with van der Waals surface area (Å²) in [5, 5.41) is 6.09. The van der Waals surface area contributed by atoms with Gasteiger partial charge in [0.2, 0.25) is 0 Å². The van der Waals surface area contributed by atoms with E-state index in [2.05, 4.69) is 27.8 Å². The van der Waals surface area contributed by atoms with Gasteiger partial charge >= 0.3 is 0 Å². The molecule has 110 valence electrons. The highest BCUT2D eigenvalue weighted by Crippen LogP contribution is 2.06. The first-order chi connectivity index (χ1) is 10.1. The lowest BCUT2D eigenvalue weighted by Crippen LogP contribution is -2.26. The van der Waals surface area contributed by atoms with Gasteiger partial charge in [-0.05, 0) is 38.0 Å². The van der Waals surface area contributed by atoms with Gasteiger partial charge in [0.1, 0.15) is 11.5 Å². The molecular formula is C17H21N3O. The molecule has 2 rings (SSSR count). The number of benzene rings is 1. The summed E-state index contributed by atoms with van der Waals surface area (Å²) in [7, 11) is 0. The summed E-state index contributed by atoms with van der Waals surface area (Å²) in [5.41, 5.74) is 1.65. The number of carbonyl (C=O) groups excluding carboxylic acids is 1.